The van der Waals surface area contributed by atoms with Crippen molar-refractivity contribution in [3.63, 3.8) is 0 Å². The van der Waals surface area contributed by atoms with Gasteiger partial charge in [-0.25, -0.2) is 0 Å². The molecule has 0 aliphatic heterocycles. The number of alkyl halides is 1. The fourth-order valence-corrected chi connectivity index (χ4v) is 6.28. The van der Waals surface area contributed by atoms with Crippen LogP contribution in [-0.4, -0.2) is 17.3 Å². The summed E-state index contributed by atoms with van der Waals surface area (Å²) in [6.45, 7) is 6.92. The van der Waals surface area contributed by atoms with Gasteiger partial charge < -0.3 is 5.32 Å². The zero-order chi connectivity index (χ0) is 13.9. The molecule has 4 bridgehead atoms. The molecule has 108 valence electrons. The van der Waals surface area contributed by atoms with Crippen molar-refractivity contribution in [2.75, 3.05) is 5.33 Å². The number of carbonyl (C=O) groups is 1. The topological polar surface area (TPSA) is 29.1 Å². The van der Waals surface area contributed by atoms with Crippen molar-refractivity contribution in [3.05, 3.63) is 0 Å². The van der Waals surface area contributed by atoms with E-state index >= 15 is 0 Å². The van der Waals surface area contributed by atoms with E-state index in [9.17, 15) is 4.79 Å². The predicted octanol–water partition coefficient (Wildman–Crippen LogP) is 3.88. The van der Waals surface area contributed by atoms with E-state index in [-0.39, 0.29) is 11.5 Å². The summed E-state index contributed by atoms with van der Waals surface area (Å²) < 4.78 is 0. The quantitative estimate of drug-likeness (QED) is 0.783. The maximum absolute atomic E-state index is 12.8. The SMILES string of the molecule is CC(CBr)NC(=O)C12CC3CC(C)(CC(C)(C3)C1)C2. The molecule has 4 aliphatic rings. The van der Waals surface area contributed by atoms with Crippen LogP contribution in [0.2, 0.25) is 0 Å². The molecule has 0 heterocycles. The van der Waals surface area contributed by atoms with Crippen LogP contribution in [0.5, 0.6) is 0 Å². The van der Waals surface area contributed by atoms with Crippen molar-refractivity contribution < 1.29 is 4.79 Å². The highest BCUT2D eigenvalue weighted by Gasteiger charge is 2.62. The molecule has 3 unspecified atom stereocenters. The van der Waals surface area contributed by atoms with E-state index in [1.54, 1.807) is 0 Å². The normalized spacial score (nSPS) is 49.2. The molecule has 3 heteroatoms. The Hall–Kier alpha value is -0.0500. The average molecular weight is 328 g/mol. The largest absolute Gasteiger partial charge is 0.352 e. The van der Waals surface area contributed by atoms with Crippen LogP contribution in [0, 0.1) is 22.2 Å². The highest BCUT2D eigenvalue weighted by atomic mass is 79.9. The van der Waals surface area contributed by atoms with Crippen LogP contribution in [0.1, 0.15) is 59.3 Å². The Morgan fingerprint density at radius 1 is 1.21 bits per heavy atom. The summed E-state index contributed by atoms with van der Waals surface area (Å²) >= 11 is 3.46. The molecule has 0 spiro atoms. The Balaban J connectivity index is 1.86. The smallest absolute Gasteiger partial charge is 0.226 e. The van der Waals surface area contributed by atoms with Crippen LogP contribution < -0.4 is 5.32 Å². The lowest BCUT2D eigenvalue weighted by Gasteiger charge is -2.64. The van der Waals surface area contributed by atoms with Gasteiger partial charge in [-0.1, -0.05) is 29.8 Å². The number of amides is 1. The van der Waals surface area contributed by atoms with Crippen molar-refractivity contribution in [2.45, 2.75) is 65.3 Å². The van der Waals surface area contributed by atoms with Gasteiger partial charge in [-0.3, -0.25) is 4.79 Å². The molecule has 1 amide bonds. The van der Waals surface area contributed by atoms with E-state index in [1.807, 2.05) is 0 Å². The van der Waals surface area contributed by atoms with Crippen LogP contribution in [0.3, 0.4) is 0 Å². The summed E-state index contributed by atoms with van der Waals surface area (Å²) in [5.74, 6) is 1.12. The first-order chi connectivity index (χ1) is 8.78. The first kappa shape index (κ1) is 13.9. The van der Waals surface area contributed by atoms with Gasteiger partial charge in [0.1, 0.15) is 0 Å². The van der Waals surface area contributed by atoms with Crippen LogP contribution >= 0.6 is 15.9 Å². The van der Waals surface area contributed by atoms with Crippen LogP contribution in [0.25, 0.3) is 0 Å². The van der Waals surface area contributed by atoms with E-state index in [1.165, 1.54) is 19.3 Å². The molecule has 1 N–H and O–H groups in total. The van der Waals surface area contributed by atoms with Crippen molar-refractivity contribution >= 4 is 21.8 Å². The Labute approximate surface area is 125 Å². The Bertz CT molecular complexity index is 390. The van der Waals surface area contributed by atoms with Crippen molar-refractivity contribution in [1.29, 1.82) is 0 Å². The van der Waals surface area contributed by atoms with Gasteiger partial charge >= 0.3 is 0 Å². The summed E-state index contributed by atoms with van der Waals surface area (Å²) in [5.41, 5.74) is 0.783. The second kappa shape index (κ2) is 4.22. The van der Waals surface area contributed by atoms with Crippen molar-refractivity contribution in [1.82, 2.24) is 5.32 Å². The molecule has 0 radical (unpaired) electrons. The van der Waals surface area contributed by atoms with Gasteiger partial charge in [0.05, 0.1) is 5.41 Å². The minimum absolute atomic E-state index is 0.0562. The molecule has 4 fully saturated rings. The molecule has 2 nitrogen and oxygen atoms in total. The number of hydrogen-bond acceptors (Lipinski definition) is 1. The summed E-state index contributed by atoms with van der Waals surface area (Å²) in [6.07, 6.45) is 7.41. The number of hydrogen-bond donors (Lipinski definition) is 1. The average Bonchev–Trinajstić information content (AvgIpc) is 2.23. The highest BCUT2D eigenvalue weighted by Crippen LogP contribution is 2.69. The summed E-state index contributed by atoms with van der Waals surface area (Å²) in [5, 5.41) is 4.08. The molecular weight excluding hydrogens is 302 g/mol. The third-order valence-electron chi connectivity index (χ3n) is 5.72. The Morgan fingerprint density at radius 2 is 1.79 bits per heavy atom. The molecule has 4 aliphatic carbocycles. The lowest BCUT2D eigenvalue weighted by Crippen LogP contribution is -2.60. The molecule has 0 aromatic carbocycles. The number of carbonyl (C=O) groups excluding carboxylic acids is 1. The first-order valence-electron chi connectivity index (χ1n) is 7.65. The molecule has 4 saturated carbocycles. The lowest BCUT2D eigenvalue weighted by atomic mass is 9.40. The molecule has 4 rings (SSSR count). The number of nitrogens with one attached hydrogen (secondary N) is 1. The summed E-state index contributed by atoms with van der Waals surface area (Å²) in [4.78, 5) is 12.8. The zero-order valence-electron chi connectivity index (χ0n) is 12.4. The molecule has 3 atom stereocenters. The number of halogens is 1. The molecule has 19 heavy (non-hydrogen) atoms. The van der Waals surface area contributed by atoms with Gasteiger partial charge in [-0.15, -0.1) is 0 Å². The minimum Gasteiger partial charge on any atom is -0.352 e. The van der Waals surface area contributed by atoms with Gasteiger partial charge in [0.2, 0.25) is 5.91 Å². The fraction of sp³-hybridized carbons (Fsp3) is 0.938. The fourth-order valence-electron chi connectivity index (χ4n) is 6.12. The monoisotopic (exact) mass is 327 g/mol. The van der Waals surface area contributed by atoms with E-state index in [4.69, 9.17) is 0 Å². The van der Waals surface area contributed by atoms with Crippen molar-refractivity contribution in [3.8, 4) is 0 Å². The van der Waals surface area contributed by atoms with E-state index < -0.39 is 0 Å². The maximum Gasteiger partial charge on any atom is 0.226 e. The highest BCUT2D eigenvalue weighted by molar-refractivity contribution is 9.09. The van der Waals surface area contributed by atoms with Gasteiger partial charge in [0, 0.05) is 11.4 Å². The lowest BCUT2D eigenvalue weighted by molar-refractivity contribution is -0.170. The standard InChI is InChI=1S/C16H26BrNO/c1-11(7-17)18-13(19)16-6-12-4-14(2,9-16)8-15(3,5-12)10-16/h11-12H,4-10H2,1-3H3,(H,18,19). The second-order valence-corrected chi connectivity index (χ2v) is 9.09. The predicted molar refractivity (Wildman–Crippen MR) is 81.2 cm³/mol. The van der Waals surface area contributed by atoms with Gasteiger partial charge in [0.25, 0.3) is 0 Å². The van der Waals surface area contributed by atoms with Gasteiger partial charge in [-0.2, -0.15) is 0 Å². The zero-order valence-corrected chi connectivity index (χ0v) is 14.0. The molecular formula is C16H26BrNO. The Morgan fingerprint density at radius 3 is 2.26 bits per heavy atom. The third kappa shape index (κ3) is 2.26. The second-order valence-electron chi connectivity index (χ2n) is 8.44. The van der Waals surface area contributed by atoms with Crippen LogP contribution in [-0.2, 0) is 4.79 Å². The number of rotatable bonds is 3. The van der Waals surface area contributed by atoms with E-state index in [0.717, 1.165) is 30.5 Å². The maximum atomic E-state index is 12.8. The Kier molecular flexibility index (Phi) is 3.09. The molecule has 0 aromatic heterocycles. The van der Waals surface area contributed by atoms with Gasteiger partial charge in [-0.05, 0) is 62.2 Å². The first-order valence-corrected chi connectivity index (χ1v) is 8.77. The van der Waals surface area contributed by atoms with E-state index in [2.05, 4.69) is 42.0 Å². The van der Waals surface area contributed by atoms with Crippen LogP contribution in [0.4, 0.5) is 0 Å². The van der Waals surface area contributed by atoms with Crippen molar-refractivity contribution in [2.24, 2.45) is 22.2 Å². The minimum atomic E-state index is -0.0562. The molecule has 0 aromatic rings. The van der Waals surface area contributed by atoms with Gasteiger partial charge in [0.15, 0.2) is 0 Å². The van der Waals surface area contributed by atoms with Crippen LogP contribution in [0.15, 0.2) is 0 Å². The summed E-state index contributed by atoms with van der Waals surface area (Å²) in [7, 11) is 0. The third-order valence-corrected chi connectivity index (χ3v) is 6.69. The van der Waals surface area contributed by atoms with E-state index in [0.29, 0.717) is 16.7 Å². The summed E-state index contributed by atoms with van der Waals surface area (Å²) in [6, 6.07) is 0.237. The molecule has 0 saturated heterocycles.